The highest BCUT2D eigenvalue weighted by atomic mass is 35.5. The number of halogens is 5. The predicted molar refractivity (Wildman–Crippen MR) is 150 cm³/mol. The van der Waals surface area contributed by atoms with E-state index in [9.17, 15) is 10.2 Å². The third-order valence-electron chi connectivity index (χ3n) is 6.32. The molecule has 3 rings (SSSR count). The summed E-state index contributed by atoms with van der Waals surface area (Å²) in [5.74, 6) is 2.96. The van der Waals surface area contributed by atoms with Crippen LogP contribution in [-0.2, 0) is 10.2 Å². The Morgan fingerprint density at radius 1 is 0.784 bits per heavy atom. The smallest absolute Gasteiger partial charge is 0.156 e. The Morgan fingerprint density at radius 3 is 1.68 bits per heavy atom. The number of hydrogen-bond donors (Lipinski definition) is 2. The predicted octanol–water partition coefficient (Wildman–Crippen LogP) is 6.92. The van der Waals surface area contributed by atoms with Gasteiger partial charge in [-0.2, -0.15) is 0 Å². The fourth-order valence-corrected chi connectivity index (χ4v) is 5.83. The Kier molecular flexibility index (Phi) is 11.8. The molecule has 37 heavy (non-hydrogen) atoms. The summed E-state index contributed by atoms with van der Waals surface area (Å²) < 4.78 is 16.5. The molecule has 0 spiro atoms. The maximum Gasteiger partial charge on any atom is 0.156 e. The maximum absolute atomic E-state index is 10.1. The van der Waals surface area contributed by atoms with E-state index in [0.29, 0.717) is 25.8 Å². The molecule has 2 N–H and O–H groups in total. The van der Waals surface area contributed by atoms with Crippen LogP contribution in [0.3, 0.4) is 0 Å². The molecule has 1 aliphatic carbocycles. The van der Waals surface area contributed by atoms with Gasteiger partial charge in [-0.15, -0.1) is 18.0 Å². The molecule has 2 aromatic rings. The fourth-order valence-electron chi connectivity index (χ4n) is 4.55. The lowest BCUT2D eigenvalue weighted by Crippen LogP contribution is -2.31. The van der Waals surface area contributed by atoms with Gasteiger partial charge in [-0.1, -0.05) is 71.6 Å². The molecule has 2 atom stereocenters. The zero-order valence-electron chi connectivity index (χ0n) is 20.1. The third-order valence-corrected chi connectivity index (χ3v) is 7.80. The summed E-state index contributed by atoms with van der Waals surface area (Å²) in [6.45, 7) is 0.0585. The molecule has 10 heteroatoms. The summed E-state index contributed by atoms with van der Waals surface area (Å²) >= 11 is 32.1. The van der Waals surface area contributed by atoms with Gasteiger partial charge in [-0.05, 0) is 48.2 Å². The van der Waals surface area contributed by atoms with Crippen LogP contribution >= 0.6 is 58.0 Å². The minimum atomic E-state index is -0.889. The fraction of sp³-hybridized carbons (Fsp3) is 0.481. The molecule has 1 fully saturated rings. The molecule has 0 bridgehead atoms. The average Bonchev–Trinajstić information content (AvgIpc) is 2.87. The molecule has 0 aromatic heterocycles. The molecule has 1 saturated carbocycles. The summed E-state index contributed by atoms with van der Waals surface area (Å²) in [6.07, 6.45) is 8.25. The van der Waals surface area contributed by atoms with Crippen LogP contribution in [0, 0.1) is 12.3 Å². The zero-order chi connectivity index (χ0) is 27.0. The average molecular weight is 611 g/mol. The van der Waals surface area contributed by atoms with E-state index in [1.54, 1.807) is 0 Å². The van der Waals surface area contributed by atoms with E-state index < -0.39 is 17.6 Å². The van der Waals surface area contributed by atoms with Gasteiger partial charge in [0.1, 0.15) is 32.0 Å². The van der Waals surface area contributed by atoms with Gasteiger partial charge in [0.05, 0.1) is 32.6 Å². The Morgan fingerprint density at radius 2 is 1.24 bits per heavy atom. The van der Waals surface area contributed by atoms with Crippen molar-refractivity contribution in [2.75, 3.05) is 32.3 Å². The number of ether oxygens (including phenoxy) is 3. The van der Waals surface area contributed by atoms with Crippen LogP contribution in [0.25, 0.3) is 0 Å². The van der Waals surface area contributed by atoms with Crippen LogP contribution < -0.4 is 9.47 Å². The normalized spacial score (nSPS) is 16.6. The van der Waals surface area contributed by atoms with Crippen LogP contribution in [0.2, 0.25) is 20.1 Å². The van der Waals surface area contributed by atoms with E-state index in [1.165, 1.54) is 0 Å². The first-order valence-corrected chi connectivity index (χ1v) is 13.9. The van der Waals surface area contributed by atoms with E-state index in [2.05, 4.69) is 5.92 Å². The summed E-state index contributed by atoms with van der Waals surface area (Å²) in [6, 6.07) is 7.39. The van der Waals surface area contributed by atoms with Crippen molar-refractivity contribution in [1.82, 2.24) is 0 Å². The van der Waals surface area contributed by atoms with Crippen LogP contribution in [0.15, 0.2) is 24.3 Å². The quantitative estimate of drug-likeness (QED) is 0.155. The molecule has 0 heterocycles. The van der Waals surface area contributed by atoms with E-state index in [1.807, 2.05) is 24.3 Å². The SMILES string of the molecule is C#CCOCC(O)COc1c(Cl)cc(C2(c3cc(Cl)c(OCC(O)CCl)c(Cl)c3)CCCCC2)cc1Cl. The Bertz CT molecular complexity index is 1050. The number of hydrogen-bond acceptors (Lipinski definition) is 5. The topological polar surface area (TPSA) is 68.2 Å². The van der Waals surface area contributed by atoms with Gasteiger partial charge in [0.15, 0.2) is 11.5 Å². The van der Waals surface area contributed by atoms with Crippen LogP contribution in [0.5, 0.6) is 11.5 Å². The number of alkyl halides is 1. The highest BCUT2D eigenvalue weighted by Crippen LogP contribution is 2.50. The number of aliphatic hydroxyl groups is 2. The maximum atomic E-state index is 10.1. The van der Waals surface area contributed by atoms with Crippen molar-refractivity contribution in [1.29, 1.82) is 0 Å². The molecule has 0 aliphatic heterocycles. The van der Waals surface area contributed by atoms with Crippen LogP contribution in [0.1, 0.15) is 43.2 Å². The van der Waals surface area contributed by atoms with Crippen molar-refractivity contribution in [3.8, 4) is 23.8 Å². The summed E-state index contributed by atoms with van der Waals surface area (Å²) in [5, 5.41) is 21.1. The number of benzene rings is 2. The van der Waals surface area contributed by atoms with Gasteiger partial charge >= 0.3 is 0 Å². The van der Waals surface area contributed by atoms with Crippen molar-refractivity contribution in [3.63, 3.8) is 0 Å². The second-order valence-corrected chi connectivity index (χ2v) is 10.9. The summed E-state index contributed by atoms with van der Waals surface area (Å²) in [4.78, 5) is 0. The number of terminal acetylenes is 1. The second-order valence-electron chi connectivity index (χ2n) is 8.98. The van der Waals surface area contributed by atoms with Crippen molar-refractivity contribution in [2.24, 2.45) is 0 Å². The molecule has 2 unspecified atom stereocenters. The van der Waals surface area contributed by atoms with E-state index in [0.717, 1.165) is 43.2 Å². The van der Waals surface area contributed by atoms with E-state index in [-0.39, 0.29) is 38.1 Å². The molecule has 202 valence electrons. The highest BCUT2D eigenvalue weighted by molar-refractivity contribution is 6.38. The van der Waals surface area contributed by atoms with Gasteiger partial charge in [0.2, 0.25) is 0 Å². The molecule has 0 saturated heterocycles. The molecule has 0 amide bonds. The number of aliphatic hydroxyl groups excluding tert-OH is 2. The van der Waals surface area contributed by atoms with Crippen molar-refractivity contribution in [2.45, 2.75) is 49.7 Å². The minimum Gasteiger partial charge on any atom is -0.488 e. The molecule has 1 aliphatic rings. The molecular weight excluding hydrogens is 582 g/mol. The van der Waals surface area contributed by atoms with Crippen LogP contribution in [0.4, 0.5) is 0 Å². The van der Waals surface area contributed by atoms with Crippen molar-refractivity contribution >= 4 is 58.0 Å². The first kappa shape index (κ1) is 30.5. The molecular formula is C27H29Cl5O5. The lowest BCUT2D eigenvalue weighted by molar-refractivity contribution is 0.0229. The van der Waals surface area contributed by atoms with E-state index in [4.69, 9.17) is 78.6 Å². The first-order valence-electron chi connectivity index (χ1n) is 11.9. The van der Waals surface area contributed by atoms with Gasteiger partial charge in [0, 0.05) is 5.41 Å². The lowest BCUT2D eigenvalue weighted by Gasteiger charge is -2.39. The Hall–Kier alpha value is -1.07. The monoisotopic (exact) mass is 608 g/mol. The van der Waals surface area contributed by atoms with Gasteiger partial charge in [-0.25, -0.2) is 0 Å². The van der Waals surface area contributed by atoms with Crippen molar-refractivity contribution < 1.29 is 24.4 Å². The second kappa shape index (κ2) is 14.4. The first-order chi connectivity index (χ1) is 17.7. The molecule has 0 radical (unpaired) electrons. The number of rotatable bonds is 12. The lowest BCUT2D eigenvalue weighted by atomic mass is 9.65. The minimum absolute atomic E-state index is 0.0230. The van der Waals surface area contributed by atoms with Crippen molar-refractivity contribution in [3.05, 3.63) is 55.5 Å². The Labute approximate surface area is 242 Å². The molecule has 5 nitrogen and oxygen atoms in total. The van der Waals surface area contributed by atoms with Crippen LogP contribution in [-0.4, -0.2) is 54.7 Å². The van der Waals surface area contributed by atoms with E-state index >= 15 is 0 Å². The largest absolute Gasteiger partial charge is 0.488 e. The standard InChI is InChI=1S/C27H29Cl5O5/c1-2-8-35-14-20(34)16-37-26-23(31)11-18(12-24(26)32)27(6-4-3-5-7-27)17-9-21(29)25(22(30)10-17)36-15-19(33)13-28/h1,9-12,19-20,33-34H,3-8,13-16H2. The Balaban J connectivity index is 1.90. The highest BCUT2D eigenvalue weighted by Gasteiger charge is 2.38. The summed E-state index contributed by atoms with van der Waals surface area (Å²) in [7, 11) is 0. The molecule has 2 aromatic carbocycles. The summed E-state index contributed by atoms with van der Waals surface area (Å²) in [5.41, 5.74) is 1.42. The zero-order valence-corrected chi connectivity index (χ0v) is 23.9. The van der Waals surface area contributed by atoms with Gasteiger partial charge in [0.25, 0.3) is 0 Å². The van der Waals surface area contributed by atoms with Gasteiger partial charge < -0.3 is 24.4 Å². The van der Waals surface area contributed by atoms with Gasteiger partial charge in [-0.3, -0.25) is 0 Å². The third kappa shape index (κ3) is 7.75.